The van der Waals surface area contributed by atoms with E-state index >= 15 is 0 Å². The van der Waals surface area contributed by atoms with Gasteiger partial charge in [-0.3, -0.25) is 19.1 Å². The smallest absolute Gasteiger partial charge is 0.244 e. The highest BCUT2D eigenvalue weighted by Gasteiger charge is 2.27. The summed E-state index contributed by atoms with van der Waals surface area (Å²) >= 11 is 0. The zero-order valence-electron chi connectivity index (χ0n) is 21.2. The third kappa shape index (κ3) is 6.45. The lowest BCUT2D eigenvalue weighted by atomic mass is 10.0. The molecule has 2 heterocycles. The average Bonchev–Trinajstić information content (AvgIpc) is 3.17. The number of fused-ring (bicyclic) bond motifs is 1. The second-order valence-electron chi connectivity index (χ2n) is 9.92. The Labute approximate surface area is 203 Å². The first-order valence-corrected chi connectivity index (χ1v) is 12.8. The van der Waals surface area contributed by atoms with Crippen molar-refractivity contribution in [2.24, 2.45) is 0 Å². The van der Waals surface area contributed by atoms with Gasteiger partial charge in [-0.15, -0.1) is 0 Å². The zero-order chi connectivity index (χ0) is 24.7. The van der Waals surface area contributed by atoms with E-state index in [9.17, 15) is 14.4 Å². The molecule has 1 aromatic carbocycles. The predicted octanol–water partition coefficient (Wildman–Crippen LogP) is 4.83. The minimum absolute atomic E-state index is 0.00884. The van der Waals surface area contributed by atoms with Gasteiger partial charge in [0.2, 0.25) is 11.8 Å². The lowest BCUT2D eigenvalue weighted by Gasteiger charge is -2.27. The van der Waals surface area contributed by atoms with E-state index in [-0.39, 0.29) is 24.1 Å². The SMILES string of the molecule is CC(=O)c1nn(CC(=O)N(C)C2CCCCCCCCCCNC2=O)c2ccc(C(C)C)cc12. The number of likely N-dealkylation sites (N-methyl/N-ethyl adjacent to an activating group) is 1. The van der Waals surface area contributed by atoms with Crippen molar-refractivity contribution in [2.45, 2.75) is 97.1 Å². The highest BCUT2D eigenvalue weighted by molar-refractivity contribution is 6.05. The van der Waals surface area contributed by atoms with Crippen LogP contribution in [0.5, 0.6) is 0 Å². The summed E-state index contributed by atoms with van der Waals surface area (Å²) in [5, 5.41) is 8.30. The molecule has 7 nitrogen and oxygen atoms in total. The van der Waals surface area contributed by atoms with Crippen molar-refractivity contribution in [1.82, 2.24) is 20.0 Å². The topological polar surface area (TPSA) is 84.3 Å². The summed E-state index contributed by atoms with van der Waals surface area (Å²) < 4.78 is 1.60. The quantitative estimate of drug-likeness (QED) is 0.637. The lowest BCUT2D eigenvalue weighted by molar-refractivity contribution is -0.139. The molecule has 1 saturated heterocycles. The second-order valence-corrected chi connectivity index (χ2v) is 9.92. The third-order valence-corrected chi connectivity index (χ3v) is 6.93. The monoisotopic (exact) mass is 468 g/mol. The number of hydrogen-bond donors (Lipinski definition) is 1. The first-order chi connectivity index (χ1) is 16.3. The predicted molar refractivity (Wildman–Crippen MR) is 135 cm³/mol. The maximum atomic E-state index is 13.3. The van der Waals surface area contributed by atoms with E-state index in [2.05, 4.69) is 24.3 Å². The van der Waals surface area contributed by atoms with Crippen LogP contribution in [-0.4, -0.2) is 51.9 Å². The first-order valence-electron chi connectivity index (χ1n) is 12.8. The van der Waals surface area contributed by atoms with Crippen molar-refractivity contribution >= 4 is 28.5 Å². The van der Waals surface area contributed by atoms with Gasteiger partial charge in [0.1, 0.15) is 18.3 Å². The number of Topliss-reactive ketones (excluding diaryl/α,β-unsaturated/α-hetero) is 1. The van der Waals surface area contributed by atoms with Gasteiger partial charge in [-0.25, -0.2) is 0 Å². The summed E-state index contributed by atoms with van der Waals surface area (Å²) in [6, 6.07) is 5.46. The lowest BCUT2D eigenvalue weighted by Crippen LogP contribution is -2.48. The Bertz CT molecular complexity index is 1010. The van der Waals surface area contributed by atoms with E-state index in [1.54, 1.807) is 16.6 Å². The number of carbonyl (C=O) groups is 3. The molecule has 1 atom stereocenters. The number of ketones is 1. The van der Waals surface area contributed by atoms with Crippen LogP contribution in [0, 0.1) is 0 Å². The molecule has 2 amide bonds. The Morgan fingerprint density at radius 2 is 1.74 bits per heavy atom. The number of aromatic nitrogens is 2. The van der Waals surface area contributed by atoms with Crippen LogP contribution >= 0.6 is 0 Å². The minimum atomic E-state index is -0.491. The van der Waals surface area contributed by atoms with Gasteiger partial charge in [-0.05, 0) is 36.5 Å². The Morgan fingerprint density at radius 3 is 2.38 bits per heavy atom. The molecule has 1 aromatic heterocycles. The van der Waals surface area contributed by atoms with Crippen LogP contribution in [0.2, 0.25) is 0 Å². The van der Waals surface area contributed by atoms with Crippen molar-refractivity contribution in [2.75, 3.05) is 13.6 Å². The van der Waals surface area contributed by atoms with Crippen LogP contribution < -0.4 is 5.32 Å². The Kier molecular flexibility index (Phi) is 9.25. The van der Waals surface area contributed by atoms with E-state index in [0.29, 0.717) is 24.6 Å². The molecular weight excluding hydrogens is 428 g/mol. The number of carbonyl (C=O) groups excluding carboxylic acids is 3. The normalized spacial score (nSPS) is 18.6. The van der Waals surface area contributed by atoms with Crippen molar-refractivity contribution in [3.05, 3.63) is 29.5 Å². The number of nitrogens with zero attached hydrogens (tertiary/aromatic N) is 3. The minimum Gasteiger partial charge on any atom is -0.354 e. The van der Waals surface area contributed by atoms with Crippen molar-refractivity contribution in [1.29, 1.82) is 0 Å². The van der Waals surface area contributed by atoms with Crippen LogP contribution in [0.25, 0.3) is 10.9 Å². The van der Waals surface area contributed by atoms with Crippen molar-refractivity contribution in [3.63, 3.8) is 0 Å². The summed E-state index contributed by atoms with van der Waals surface area (Å²) in [5.41, 5.74) is 2.27. The van der Waals surface area contributed by atoms with Gasteiger partial charge in [0.15, 0.2) is 5.78 Å². The van der Waals surface area contributed by atoms with Gasteiger partial charge in [0, 0.05) is 25.9 Å². The fraction of sp³-hybridized carbons (Fsp3) is 0.630. The molecule has 1 fully saturated rings. The number of benzene rings is 1. The standard InChI is InChI=1S/C27H40N4O3/c1-19(2)21-14-15-23-22(17-21)26(20(3)32)29-31(23)18-25(33)30(4)24-13-11-9-7-5-6-8-10-12-16-28-27(24)34/h14-15,17,19,24H,5-13,16,18H2,1-4H3,(H,28,34). The summed E-state index contributed by atoms with van der Waals surface area (Å²) in [4.78, 5) is 40.1. The van der Waals surface area contributed by atoms with Gasteiger partial charge < -0.3 is 10.2 Å². The van der Waals surface area contributed by atoms with E-state index in [4.69, 9.17) is 0 Å². The first kappa shape index (κ1) is 25.9. The maximum absolute atomic E-state index is 13.3. The summed E-state index contributed by atoms with van der Waals surface area (Å²) in [7, 11) is 1.71. The molecule has 7 heteroatoms. The van der Waals surface area contributed by atoms with Crippen LogP contribution in [-0.2, 0) is 16.1 Å². The van der Waals surface area contributed by atoms with Gasteiger partial charge in [0.25, 0.3) is 0 Å². The molecule has 1 unspecified atom stereocenters. The molecule has 0 spiro atoms. The highest BCUT2D eigenvalue weighted by Crippen LogP contribution is 2.25. The summed E-state index contributed by atoms with van der Waals surface area (Å²) in [5.74, 6) is -0.0624. The Hall–Kier alpha value is -2.70. The maximum Gasteiger partial charge on any atom is 0.244 e. The molecule has 0 aliphatic carbocycles. The summed E-state index contributed by atoms with van der Waals surface area (Å²) in [6.45, 7) is 6.35. The fourth-order valence-corrected chi connectivity index (χ4v) is 4.70. The number of rotatable bonds is 5. The van der Waals surface area contributed by atoms with E-state index < -0.39 is 6.04 Å². The van der Waals surface area contributed by atoms with Crippen molar-refractivity contribution in [3.8, 4) is 0 Å². The van der Waals surface area contributed by atoms with Crippen LogP contribution in [0.4, 0.5) is 0 Å². The number of hydrogen-bond acceptors (Lipinski definition) is 4. The number of nitrogens with one attached hydrogen (secondary N) is 1. The molecule has 0 saturated carbocycles. The Morgan fingerprint density at radius 1 is 1.09 bits per heavy atom. The zero-order valence-corrected chi connectivity index (χ0v) is 21.2. The molecule has 34 heavy (non-hydrogen) atoms. The third-order valence-electron chi connectivity index (χ3n) is 6.93. The molecular formula is C27H40N4O3. The van der Waals surface area contributed by atoms with Gasteiger partial charge in [-0.2, -0.15) is 5.10 Å². The molecule has 3 rings (SSSR count). The molecule has 0 radical (unpaired) electrons. The molecule has 1 N–H and O–H groups in total. The van der Waals surface area contributed by atoms with Gasteiger partial charge in [0.05, 0.1) is 5.52 Å². The van der Waals surface area contributed by atoms with Crippen LogP contribution in [0.15, 0.2) is 18.2 Å². The van der Waals surface area contributed by atoms with E-state index in [1.165, 1.54) is 32.6 Å². The summed E-state index contributed by atoms with van der Waals surface area (Å²) in [6.07, 6.45) is 9.66. The molecule has 2 aromatic rings. The Balaban J connectivity index is 1.79. The largest absolute Gasteiger partial charge is 0.354 e. The average molecular weight is 469 g/mol. The molecule has 0 bridgehead atoms. The molecule has 1 aliphatic rings. The number of amides is 2. The van der Waals surface area contributed by atoms with E-state index in [1.807, 2.05) is 18.2 Å². The van der Waals surface area contributed by atoms with Crippen molar-refractivity contribution < 1.29 is 14.4 Å². The van der Waals surface area contributed by atoms with Gasteiger partial charge in [-0.1, -0.05) is 64.9 Å². The molecule has 186 valence electrons. The molecule has 1 aliphatic heterocycles. The van der Waals surface area contributed by atoms with E-state index in [0.717, 1.165) is 42.1 Å². The highest BCUT2D eigenvalue weighted by atomic mass is 16.2. The second kappa shape index (κ2) is 12.1. The van der Waals surface area contributed by atoms with Crippen LogP contribution in [0.1, 0.15) is 101 Å². The fourth-order valence-electron chi connectivity index (χ4n) is 4.70. The van der Waals surface area contributed by atoms with Crippen LogP contribution in [0.3, 0.4) is 0 Å². The van der Waals surface area contributed by atoms with Gasteiger partial charge >= 0.3 is 0 Å².